The fourth-order valence-electron chi connectivity index (χ4n) is 1.62. The van der Waals surface area contributed by atoms with Crippen LogP contribution in [-0.4, -0.2) is 19.7 Å². The highest BCUT2D eigenvalue weighted by Gasteiger charge is 2.12. The van der Waals surface area contributed by atoms with Crippen LogP contribution >= 0.6 is 11.6 Å². The van der Waals surface area contributed by atoms with E-state index in [4.69, 9.17) is 17.3 Å². The standard InChI is InChI=1S/C11H14ClN5/c1-2-17-11(15-7-16-17)5-9(13)10-4-3-8(12)6-14-10/h3-4,6-7,9H,2,5,13H2,1H3. The summed E-state index contributed by atoms with van der Waals surface area (Å²) < 4.78 is 1.83. The quantitative estimate of drug-likeness (QED) is 0.896. The second kappa shape index (κ2) is 5.25. The van der Waals surface area contributed by atoms with Crippen LogP contribution in [0.15, 0.2) is 24.7 Å². The molecular weight excluding hydrogens is 238 g/mol. The van der Waals surface area contributed by atoms with Gasteiger partial charge in [0, 0.05) is 19.2 Å². The summed E-state index contributed by atoms with van der Waals surface area (Å²) in [6.45, 7) is 2.81. The van der Waals surface area contributed by atoms with Gasteiger partial charge in [-0.3, -0.25) is 9.67 Å². The first kappa shape index (κ1) is 12.0. The molecule has 0 spiro atoms. The van der Waals surface area contributed by atoms with Gasteiger partial charge in [0.1, 0.15) is 12.2 Å². The Morgan fingerprint density at radius 3 is 2.88 bits per heavy atom. The Labute approximate surface area is 105 Å². The molecule has 0 saturated carbocycles. The molecule has 2 aromatic rings. The Hall–Kier alpha value is -1.46. The van der Waals surface area contributed by atoms with E-state index in [-0.39, 0.29) is 6.04 Å². The van der Waals surface area contributed by atoms with Gasteiger partial charge < -0.3 is 5.73 Å². The fraction of sp³-hybridized carbons (Fsp3) is 0.364. The van der Waals surface area contributed by atoms with E-state index in [0.29, 0.717) is 11.4 Å². The zero-order chi connectivity index (χ0) is 12.3. The molecule has 0 aliphatic heterocycles. The second-order valence-corrected chi connectivity index (χ2v) is 4.14. The molecule has 1 atom stereocenters. The highest BCUT2D eigenvalue weighted by Crippen LogP contribution is 2.14. The summed E-state index contributed by atoms with van der Waals surface area (Å²) in [5.74, 6) is 0.872. The van der Waals surface area contributed by atoms with Crippen molar-refractivity contribution in [3.63, 3.8) is 0 Å². The Kier molecular flexibility index (Phi) is 3.71. The van der Waals surface area contributed by atoms with Gasteiger partial charge in [-0.2, -0.15) is 5.10 Å². The van der Waals surface area contributed by atoms with Gasteiger partial charge in [0.05, 0.1) is 16.8 Å². The monoisotopic (exact) mass is 251 g/mol. The number of nitrogens with zero attached hydrogens (tertiary/aromatic N) is 4. The summed E-state index contributed by atoms with van der Waals surface area (Å²) in [4.78, 5) is 8.39. The lowest BCUT2D eigenvalue weighted by Crippen LogP contribution is -2.17. The van der Waals surface area contributed by atoms with Crippen molar-refractivity contribution < 1.29 is 0 Å². The van der Waals surface area contributed by atoms with Crippen molar-refractivity contribution in [1.82, 2.24) is 19.7 Å². The number of pyridine rings is 1. The van der Waals surface area contributed by atoms with Crippen molar-refractivity contribution in [2.45, 2.75) is 25.9 Å². The molecule has 2 aromatic heterocycles. The van der Waals surface area contributed by atoms with Crippen molar-refractivity contribution in [2.75, 3.05) is 0 Å². The second-order valence-electron chi connectivity index (χ2n) is 3.70. The number of rotatable bonds is 4. The summed E-state index contributed by atoms with van der Waals surface area (Å²) >= 11 is 5.78. The molecule has 90 valence electrons. The molecule has 0 aliphatic rings. The molecule has 2 N–H and O–H groups in total. The van der Waals surface area contributed by atoms with Gasteiger partial charge in [-0.15, -0.1) is 0 Å². The minimum absolute atomic E-state index is 0.193. The summed E-state index contributed by atoms with van der Waals surface area (Å²) in [6.07, 6.45) is 3.75. The highest BCUT2D eigenvalue weighted by molar-refractivity contribution is 6.30. The van der Waals surface area contributed by atoms with E-state index in [1.807, 2.05) is 17.7 Å². The van der Waals surface area contributed by atoms with Gasteiger partial charge in [-0.05, 0) is 19.1 Å². The predicted octanol–water partition coefficient (Wildman–Crippen LogP) is 1.59. The van der Waals surface area contributed by atoms with Crippen molar-refractivity contribution in [3.8, 4) is 0 Å². The van der Waals surface area contributed by atoms with Gasteiger partial charge >= 0.3 is 0 Å². The Morgan fingerprint density at radius 2 is 2.24 bits per heavy atom. The van der Waals surface area contributed by atoms with E-state index in [1.54, 1.807) is 18.6 Å². The first-order valence-corrected chi connectivity index (χ1v) is 5.82. The van der Waals surface area contributed by atoms with E-state index in [1.165, 1.54) is 0 Å². The van der Waals surface area contributed by atoms with Gasteiger partial charge in [-0.25, -0.2) is 4.98 Å². The molecule has 1 unspecified atom stereocenters. The zero-order valence-electron chi connectivity index (χ0n) is 9.55. The normalized spacial score (nSPS) is 12.6. The molecule has 0 saturated heterocycles. The van der Waals surface area contributed by atoms with Gasteiger partial charge in [0.2, 0.25) is 0 Å². The van der Waals surface area contributed by atoms with E-state index < -0.39 is 0 Å². The van der Waals surface area contributed by atoms with Crippen molar-refractivity contribution in [3.05, 3.63) is 41.2 Å². The topological polar surface area (TPSA) is 69.6 Å². The van der Waals surface area contributed by atoms with Crippen molar-refractivity contribution in [2.24, 2.45) is 5.73 Å². The molecule has 6 heteroatoms. The van der Waals surface area contributed by atoms with Crippen LogP contribution in [-0.2, 0) is 13.0 Å². The maximum atomic E-state index is 6.07. The fourth-order valence-corrected chi connectivity index (χ4v) is 1.73. The molecule has 0 aliphatic carbocycles. The van der Waals surface area contributed by atoms with Crippen LogP contribution in [0.2, 0.25) is 5.02 Å². The van der Waals surface area contributed by atoms with Gasteiger partial charge in [0.15, 0.2) is 0 Å². The molecule has 0 radical (unpaired) electrons. The summed E-state index contributed by atoms with van der Waals surface area (Å²) in [6, 6.07) is 3.43. The largest absolute Gasteiger partial charge is 0.322 e. The molecule has 2 rings (SSSR count). The lowest BCUT2D eigenvalue weighted by molar-refractivity contribution is 0.575. The van der Waals surface area contributed by atoms with Gasteiger partial charge in [0.25, 0.3) is 0 Å². The average molecular weight is 252 g/mol. The van der Waals surface area contributed by atoms with Crippen LogP contribution in [0.4, 0.5) is 0 Å². The van der Waals surface area contributed by atoms with E-state index >= 15 is 0 Å². The predicted molar refractivity (Wildman–Crippen MR) is 65.6 cm³/mol. The molecule has 2 heterocycles. The van der Waals surface area contributed by atoms with E-state index in [9.17, 15) is 0 Å². The summed E-state index contributed by atoms with van der Waals surface area (Å²) in [5, 5.41) is 4.71. The van der Waals surface area contributed by atoms with Crippen LogP contribution in [0.1, 0.15) is 24.5 Å². The van der Waals surface area contributed by atoms with Crippen molar-refractivity contribution >= 4 is 11.6 Å². The Bertz CT molecular complexity index is 479. The van der Waals surface area contributed by atoms with Gasteiger partial charge in [-0.1, -0.05) is 11.6 Å². The first-order valence-electron chi connectivity index (χ1n) is 5.44. The maximum absolute atomic E-state index is 6.07. The zero-order valence-corrected chi connectivity index (χ0v) is 10.3. The maximum Gasteiger partial charge on any atom is 0.138 e. The molecule has 5 nitrogen and oxygen atoms in total. The van der Waals surface area contributed by atoms with Crippen LogP contribution in [0.25, 0.3) is 0 Å². The Morgan fingerprint density at radius 1 is 1.41 bits per heavy atom. The third-order valence-corrected chi connectivity index (χ3v) is 2.75. The summed E-state index contributed by atoms with van der Waals surface area (Å²) in [7, 11) is 0. The van der Waals surface area contributed by atoms with Crippen LogP contribution in [0.5, 0.6) is 0 Å². The molecule has 17 heavy (non-hydrogen) atoms. The lowest BCUT2D eigenvalue weighted by Gasteiger charge is -2.10. The smallest absolute Gasteiger partial charge is 0.138 e. The number of hydrogen-bond donors (Lipinski definition) is 1. The van der Waals surface area contributed by atoms with Crippen LogP contribution in [0, 0.1) is 0 Å². The minimum atomic E-state index is -0.193. The number of aryl methyl sites for hydroxylation is 1. The third-order valence-electron chi connectivity index (χ3n) is 2.53. The minimum Gasteiger partial charge on any atom is -0.322 e. The van der Waals surface area contributed by atoms with Crippen molar-refractivity contribution in [1.29, 1.82) is 0 Å². The molecule has 0 fully saturated rings. The van der Waals surface area contributed by atoms with Crippen LogP contribution in [0.3, 0.4) is 0 Å². The Balaban J connectivity index is 2.11. The lowest BCUT2D eigenvalue weighted by atomic mass is 10.1. The average Bonchev–Trinajstić information content (AvgIpc) is 2.77. The molecule has 0 bridgehead atoms. The van der Waals surface area contributed by atoms with E-state index in [2.05, 4.69) is 15.1 Å². The SMILES string of the molecule is CCn1ncnc1CC(N)c1ccc(Cl)cn1. The van der Waals surface area contributed by atoms with E-state index in [0.717, 1.165) is 18.1 Å². The number of hydrogen-bond acceptors (Lipinski definition) is 4. The third kappa shape index (κ3) is 2.81. The highest BCUT2D eigenvalue weighted by atomic mass is 35.5. The number of halogens is 1. The molecule has 0 amide bonds. The summed E-state index contributed by atoms with van der Waals surface area (Å²) in [5.41, 5.74) is 6.88. The number of aromatic nitrogens is 4. The number of nitrogens with two attached hydrogens (primary N) is 1. The first-order chi connectivity index (χ1) is 8.20. The van der Waals surface area contributed by atoms with Crippen LogP contribution < -0.4 is 5.73 Å². The molecular formula is C11H14ClN5. The molecule has 0 aromatic carbocycles.